The number of ether oxygens (including phenoxy) is 1. The van der Waals surface area contributed by atoms with Gasteiger partial charge >= 0.3 is 0 Å². The van der Waals surface area contributed by atoms with Gasteiger partial charge in [0.25, 0.3) is 5.91 Å². The number of carbonyl (C=O) groups excluding carboxylic acids is 1. The van der Waals surface area contributed by atoms with Crippen LogP contribution in [0.3, 0.4) is 0 Å². The van der Waals surface area contributed by atoms with Crippen LogP contribution in [0.5, 0.6) is 0 Å². The molecule has 0 aliphatic carbocycles. The van der Waals surface area contributed by atoms with Gasteiger partial charge in [0, 0.05) is 6.61 Å². The van der Waals surface area contributed by atoms with E-state index < -0.39 is 5.54 Å². The topological polar surface area (TPSA) is 49.8 Å². The van der Waals surface area contributed by atoms with Gasteiger partial charge in [0.15, 0.2) is 0 Å². The average Bonchev–Trinajstić information content (AvgIpc) is 3.00. The second kappa shape index (κ2) is 5.13. The molecule has 1 saturated heterocycles. The molecule has 1 amide bonds. The van der Waals surface area contributed by atoms with Gasteiger partial charge in [0.1, 0.15) is 5.76 Å². The molecular weight excluding hydrogens is 278 g/mol. The number of hydrogen-bond donors (Lipinski definition) is 1. The maximum Gasteiger partial charge on any atom is 0.259 e. The highest BCUT2D eigenvalue weighted by Crippen LogP contribution is 2.42. The Labute approximate surface area is 131 Å². The molecule has 1 atom stereocenters. The highest BCUT2D eigenvalue weighted by Gasteiger charge is 2.50. The van der Waals surface area contributed by atoms with E-state index in [2.05, 4.69) is 0 Å². The molecule has 1 fully saturated rings. The summed E-state index contributed by atoms with van der Waals surface area (Å²) in [5, 5.41) is 10.8. The van der Waals surface area contributed by atoms with Crippen LogP contribution in [0.15, 0.2) is 24.0 Å². The van der Waals surface area contributed by atoms with Crippen LogP contribution in [0.4, 0.5) is 0 Å². The van der Waals surface area contributed by atoms with Gasteiger partial charge in [-0.05, 0) is 50.8 Å². The second-order valence-corrected chi connectivity index (χ2v) is 6.74. The van der Waals surface area contributed by atoms with Gasteiger partial charge in [-0.2, -0.15) is 0 Å². The summed E-state index contributed by atoms with van der Waals surface area (Å²) in [4.78, 5) is 14.9. The first-order chi connectivity index (χ1) is 10.4. The lowest BCUT2D eigenvalue weighted by Gasteiger charge is -2.36. The molecule has 22 heavy (non-hydrogen) atoms. The summed E-state index contributed by atoms with van der Waals surface area (Å²) in [7, 11) is 0. The molecule has 0 aromatic heterocycles. The van der Waals surface area contributed by atoms with E-state index in [9.17, 15) is 9.90 Å². The fourth-order valence-electron chi connectivity index (χ4n) is 3.68. The molecule has 2 heterocycles. The summed E-state index contributed by atoms with van der Waals surface area (Å²) < 4.78 is 5.44. The molecule has 0 bridgehead atoms. The number of aliphatic hydroxyl groups excluding tert-OH is 1. The van der Waals surface area contributed by atoms with Crippen LogP contribution < -0.4 is 0 Å². The highest BCUT2D eigenvalue weighted by molar-refractivity contribution is 6.23. The maximum absolute atomic E-state index is 13.1. The summed E-state index contributed by atoms with van der Waals surface area (Å²) in [6.07, 6.45) is 0.822. The summed E-state index contributed by atoms with van der Waals surface area (Å²) in [5.41, 5.74) is 2.64. The van der Waals surface area contributed by atoms with Crippen molar-refractivity contribution in [3.05, 3.63) is 40.6 Å². The number of nitrogens with zero attached hydrogens (tertiary/aromatic N) is 1. The van der Waals surface area contributed by atoms with Crippen molar-refractivity contribution in [1.29, 1.82) is 0 Å². The molecule has 3 rings (SSSR count). The number of aryl methyl sites for hydroxylation is 2. The lowest BCUT2D eigenvalue weighted by molar-refractivity contribution is -0.130. The lowest BCUT2D eigenvalue weighted by atomic mass is 9.93. The Hall–Kier alpha value is -1.81. The van der Waals surface area contributed by atoms with Crippen molar-refractivity contribution in [3.63, 3.8) is 0 Å². The Morgan fingerprint density at radius 1 is 1.27 bits per heavy atom. The maximum atomic E-state index is 13.1. The van der Waals surface area contributed by atoms with E-state index in [4.69, 9.17) is 4.74 Å². The Morgan fingerprint density at radius 2 is 1.91 bits per heavy atom. The van der Waals surface area contributed by atoms with Crippen LogP contribution in [-0.2, 0) is 9.53 Å². The van der Waals surface area contributed by atoms with E-state index in [0.717, 1.165) is 23.1 Å². The molecule has 1 aromatic carbocycles. The normalized spacial score (nSPS) is 24.5. The van der Waals surface area contributed by atoms with Crippen molar-refractivity contribution < 1.29 is 14.6 Å². The molecule has 1 aromatic rings. The van der Waals surface area contributed by atoms with Crippen molar-refractivity contribution in [2.75, 3.05) is 13.2 Å². The first-order valence-electron chi connectivity index (χ1n) is 7.77. The molecule has 2 aliphatic heterocycles. The standard InChI is InChI=1S/C18H23NO3/c1-11-6-5-7-12(2)14(11)15-16(20)18(3,4)19(17(15)21)13-8-9-22-10-13/h5-7,13,20H,8-10H2,1-4H3. The molecule has 1 N–H and O–H groups in total. The van der Waals surface area contributed by atoms with Gasteiger partial charge in [-0.1, -0.05) is 18.2 Å². The second-order valence-electron chi connectivity index (χ2n) is 6.74. The van der Waals surface area contributed by atoms with Crippen molar-refractivity contribution in [3.8, 4) is 0 Å². The van der Waals surface area contributed by atoms with Crippen molar-refractivity contribution >= 4 is 11.5 Å². The number of carbonyl (C=O) groups is 1. The minimum atomic E-state index is -0.695. The van der Waals surface area contributed by atoms with E-state index in [1.165, 1.54) is 0 Å². The Morgan fingerprint density at radius 3 is 2.45 bits per heavy atom. The molecule has 0 radical (unpaired) electrons. The largest absolute Gasteiger partial charge is 0.509 e. The quantitative estimate of drug-likeness (QED) is 0.913. The Balaban J connectivity index is 2.12. The zero-order valence-corrected chi connectivity index (χ0v) is 13.6. The van der Waals surface area contributed by atoms with E-state index in [1.807, 2.05) is 45.9 Å². The molecule has 0 saturated carbocycles. The van der Waals surface area contributed by atoms with Crippen LogP contribution in [-0.4, -0.2) is 40.7 Å². The fourth-order valence-corrected chi connectivity index (χ4v) is 3.68. The van der Waals surface area contributed by atoms with Crippen molar-refractivity contribution in [2.45, 2.75) is 45.7 Å². The smallest absolute Gasteiger partial charge is 0.259 e. The SMILES string of the molecule is Cc1cccc(C)c1C1=C(O)C(C)(C)N(C2CCOC2)C1=O. The van der Waals surface area contributed by atoms with E-state index in [1.54, 1.807) is 4.90 Å². The minimum absolute atomic E-state index is 0.0338. The van der Waals surface area contributed by atoms with Crippen LogP contribution >= 0.6 is 0 Å². The molecule has 2 aliphatic rings. The van der Waals surface area contributed by atoms with Crippen LogP contribution in [0.2, 0.25) is 0 Å². The molecule has 4 heteroatoms. The van der Waals surface area contributed by atoms with E-state index in [0.29, 0.717) is 18.8 Å². The van der Waals surface area contributed by atoms with Crippen molar-refractivity contribution in [2.24, 2.45) is 0 Å². The van der Waals surface area contributed by atoms with E-state index >= 15 is 0 Å². The molecule has 1 unspecified atom stereocenters. The van der Waals surface area contributed by atoms with Gasteiger partial charge in [0.05, 0.1) is 23.8 Å². The average molecular weight is 301 g/mol. The number of rotatable bonds is 2. The Kier molecular flexibility index (Phi) is 3.52. The van der Waals surface area contributed by atoms with Gasteiger partial charge in [0.2, 0.25) is 0 Å². The third kappa shape index (κ3) is 2.05. The third-order valence-corrected chi connectivity index (χ3v) is 4.85. The van der Waals surface area contributed by atoms with Gasteiger partial charge in [-0.3, -0.25) is 4.79 Å². The monoisotopic (exact) mass is 301 g/mol. The zero-order valence-electron chi connectivity index (χ0n) is 13.6. The Bertz CT molecular complexity index is 634. The van der Waals surface area contributed by atoms with Crippen LogP contribution in [0, 0.1) is 13.8 Å². The van der Waals surface area contributed by atoms with Crippen LogP contribution in [0.25, 0.3) is 5.57 Å². The first-order valence-corrected chi connectivity index (χ1v) is 7.77. The number of hydrogen-bond acceptors (Lipinski definition) is 3. The van der Waals surface area contributed by atoms with Gasteiger partial charge < -0.3 is 14.7 Å². The fraction of sp³-hybridized carbons (Fsp3) is 0.500. The summed E-state index contributed by atoms with van der Waals surface area (Å²) in [6, 6.07) is 5.96. The predicted octanol–water partition coefficient (Wildman–Crippen LogP) is 2.98. The van der Waals surface area contributed by atoms with Gasteiger partial charge in [-0.15, -0.1) is 0 Å². The molecule has 118 valence electrons. The zero-order chi connectivity index (χ0) is 16.1. The molecule has 0 spiro atoms. The first kappa shape index (κ1) is 15.1. The van der Waals surface area contributed by atoms with E-state index in [-0.39, 0.29) is 17.7 Å². The van der Waals surface area contributed by atoms with Crippen LogP contribution in [0.1, 0.15) is 37.0 Å². The molecular formula is C18H23NO3. The number of amides is 1. The number of benzene rings is 1. The number of aliphatic hydroxyl groups is 1. The molecule has 4 nitrogen and oxygen atoms in total. The van der Waals surface area contributed by atoms with Crippen molar-refractivity contribution in [1.82, 2.24) is 4.90 Å². The minimum Gasteiger partial charge on any atom is -0.509 e. The lowest BCUT2D eigenvalue weighted by Crippen LogP contribution is -2.50. The van der Waals surface area contributed by atoms with Gasteiger partial charge in [-0.25, -0.2) is 0 Å². The summed E-state index contributed by atoms with van der Waals surface area (Å²) in [6.45, 7) is 8.97. The highest BCUT2D eigenvalue weighted by atomic mass is 16.5. The summed E-state index contributed by atoms with van der Waals surface area (Å²) >= 11 is 0. The third-order valence-electron chi connectivity index (χ3n) is 4.85. The predicted molar refractivity (Wildman–Crippen MR) is 85.6 cm³/mol. The summed E-state index contributed by atoms with van der Waals surface area (Å²) in [5.74, 6) is 0.0807.